The summed E-state index contributed by atoms with van der Waals surface area (Å²) in [7, 11) is 0. The number of aromatic nitrogens is 4. The molecule has 6 nitrogen and oxygen atoms in total. The number of hydrogen-bond donors (Lipinski definition) is 0. The summed E-state index contributed by atoms with van der Waals surface area (Å²) in [5.74, 6) is 0.516. The Morgan fingerprint density at radius 2 is 1.44 bits per heavy atom. The zero-order chi connectivity index (χ0) is 23.3. The van der Waals surface area contributed by atoms with Crippen molar-refractivity contribution in [2.24, 2.45) is 4.99 Å². The highest BCUT2D eigenvalue weighted by Crippen LogP contribution is 2.17. The van der Waals surface area contributed by atoms with Gasteiger partial charge in [0.25, 0.3) is 0 Å². The highest BCUT2D eigenvalue weighted by molar-refractivity contribution is 5.80. The van der Waals surface area contributed by atoms with Gasteiger partial charge in [0, 0.05) is 18.9 Å². The van der Waals surface area contributed by atoms with Crippen LogP contribution in [0.1, 0.15) is 11.1 Å². The molecule has 2 heterocycles. The first-order chi connectivity index (χ1) is 16.8. The molecule has 0 fully saturated rings. The Balaban J connectivity index is 1.77. The molecule has 0 saturated heterocycles. The van der Waals surface area contributed by atoms with Gasteiger partial charge in [-0.15, -0.1) is 6.58 Å². The predicted molar refractivity (Wildman–Crippen MR) is 138 cm³/mol. The summed E-state index contributed by atoms with van der Waals surface area (Å²) < 4.78 is 5.06. The van der Waals surface area contributed by atoms with E-state index in [9.17, 15) is 4.79 Å². The van der Waals surface area contributed by atoms with Crippen molar-refractivity contribution in [3.8, 4) is 0 Å². The highest BCUT2D eigenvalue weighted by atomic mass is 16.1. The highest BCUT2D eigenvalue weighted by Gasteiger charge is 2.14. The van der Waals surface area contributed by atoms with Crippen molar-refractivity contribution in [3.63, 3.8) is 0 Å². The van der Waals surface area contributed by atoms with Gasteiger partial charge in [-0.2, -0.15) is 4.98 Å². The summed E-state index contributed by atoms with van der Waals surface area (Å²) in [5, 5.41) is 0. The number of hydrogen-bond acceptors (Lipinski definition) is 3. The van der Waals surface area contributed by atoms with E-state index in [0.717, 1.165) is 22.2 Å². The maximum absolute atomic E-state index is 13.7. The molecule has 0 radical (unpaired) electrons. The average Bonchev–Trinajstić information content (AvgIpc) is 3.19. The van der Waals surface area contributed by atoms with E-state index in [0.29, 0.717) is 12.3 Å². The summed E-state index contributed by atoms with van der Waals surface area (Å²) in [6.07, 6.45) is 8.93. The van der Waals surface area contributed by atoms with E-state index in [1.807, 2.05) is 102 Å². The van der Waals surface area contributed by atoms with Crippen molar-refractivity contribution in [2.75, 3.05) is 0 Å². The Hall–Kier alpha value is -4.71. The summed E-state index contributed by atoms with van der Waals surface area (Å²) in [6, 6.07) is 27.4. The Labute approximate surface area is 196 Å². The lowest BCUT2D eigenvalue weighted by Gasteiger charge is -2.04. The molecule has 0 bridgehead atoms. The van der Waals surface area contributed by atoms with Crippen LogP contribution >= 0.6 is 0 Å². The van der Waals surface area contributed by atoms with Crippen molar-refractivity contribution in [1.29, 1.82) is 0 Å². The largest absolute Gasteiger partial charge is 0.342 e. The van der Waals surface area contributed by atoms with Gasteiger partial charge in [-0.3, -0.25) is 0 Å². The zero-order valence-electron chi connectivity index (χ0n) is 18.5. The molecule has 0 N–H and O–H groups in total. The van der Waals surface area contributed by atoms with Crippen LogP contribution < -0.4 is 11.3 Å². The molecule has 0 spiro atoms. The van der Waals surface area contributed by atoms with Gasteiger partial charge in [0.05, 0.1) is 11.0 Å². The average molecular weight is 446 g/mol. The maximum Gasteiger partial charge on any atom is 0.342 e. The van der Waals surface area contributed by atoms with E-state index in [1.54, 1.807) is 22.9 Å². The van der Waals surface area contributed by atoms with Crippen LogP contribution in [0.5, 0.6) is 0 Å². The van der Waals surface area contributed by atoms with Crippen LogP contribution in [0.15, 0.2) is 114 Å². The molecular weight excluding hydrogens is 422 g/mol. The molecule has 5 aromatic rings. The fraction of sp³-hybridized carbons (Fsp3) is 0.0357. The van der Waals surface area contributed by atoms with Crippen molar-refractivity contribution in [2.45, 2.75) is 6.54 Å². The van der Waals surface area contributed by atoms with E-state index in [4.69, 9.17) is 4.98 Å². The van der Waals surface area contributed by atoms with Gasteiger partial charge >= 0.3 is 5.69 Å². The number of allylic oxidation sites excluding steroid dienone is 1. The number of imidazole rings is 1. The maximum atomic E-state index is 13.7. The van der Waals surface area contributed by atoms with Gasteiger partial charge in [0.1, 0.15) is 0 Å². The van der Waals surface area contributed by atoms with E-state index >= 15 is 0 Å². The third kappa shape index (κ3) is 4.04. The molecule has 0 amide bonds. The second-order valence-corrected chi connectivity index (χ2v) is 7.67. The van der Waals surface area contributed by atoms with Gasteiger partial charge in [0.2, 0.25) is 11.4 Å². The van der Waals surface area contributed by atoms with Crippen LogP contribution in [0.4, 0.5) is 0 Å². The Bertz CT molecular complexity index is 1650. The van der Waals surface area contributed by atoms with Gasteiger partial charge in [-0.1, -0.05) is 78.9 Å². The first kappa shape index (κ1) is 21.2. The molecule has 0 atom stereocenters. The summed E-state index contributed by atoms with van der Waals surface area (Å²) >= 11 is 0. The van der Waals surface area contributed by atoms with Crippen molar-refractivity contribution in [3.05, 3.63) is 131 Å². The van der Waals surface area contributed by atoms with Crippen LogP contribution in [0.3, 0.4) is 0 Å². The van der Waals surface area contributed by atoms with Crippen LogP contribution in [-0.4, -0.2) is 18.5 Å². The van der Waals surface area contributed by atoms with Crippen LogP contribution in [0, 0.1) is 0 Å². The molecule has 2 aromatic heterocycles. The monoisotopic (exact) mass is 445 g/mol. The normalized spacial score (nSPS) is 12.4. The molecule has 5 rings (SSSR count). The number of para-hydroxylation sites is 2. The number of fused-ring (bicyclic) bond motifs is 3. The molecule has 166 valence electrons. The predicted octanol–water partition coefficient (Wildman–Crippen LogP) is 4.84. The van der Waals surface area contributed by atoms with E-state index in [2.05, 4.69) is 11.6 Å². The Morgan fingerprint density at radius 1 is 0.824 bits per heavy atom. The van der Waals surface area contributed by atoms with Crippen molar-refractivity contribution < 1.29 is 0 Å². The van der Waals surface area contributed by atoms with Crippen LogP contribution in [-0.2, 0) is 6.54 Å². The van der Waals surface area contributed by atoms with Crippen molar-refractivity contribution >= 4 is 35.2 Å². The molecule has 0 saturated carbocycles. The minimum Gasteiger partial charge on any atom is -0.306 e. The number of nitrogens with zero attached hydrogens (tertiary/aromatic N) is 5. The molecule has 0 unspecified atom stereocenters. The zero-order valence-corrected chi connectivity index (χ0v) is 18.5. The Kier molecular flexibility index (Phi) is 5.86. The first-order valence-corrected chi connectivity index (χ1v) is 11.0. The molecule has 3 aromatic carbocycles. The van der Waals surface area contributed by atoms with Gasteiger partial charge in [0.15, 0.2) is 0 Å². The third-order valence-electron chi connectivity index (χ3n) is 5.45. The summed E-state index contributed by atoms with van der Waals surface area (Å²) in [5.41, 5.74) is 3.71. The molecule has 34 heavy (non-hydrogen) atoms. The standard InChI is InChI=1S/C28H23N5O/c1-2-20-31-24-15-9-10-16-25(24)33-27(31)30-26(29-19-17-22-11-5-3-6-12-22)32(28(33)34)21-18-23-13-7-4-8-14-23/h2-19,21H,1,20H2/b19-17-,21-18+,29-26?. The van der Waals surface area contributed by atoms with E-state index in [1.165, 1.54) is 4.57 Å². The summed E-state index contributed by atoms with van der Waals surface area (Å²) in [4.78, 5) is 23.1. The quantitative estimate of drug-likeness (QED) is 0.351. The summed E-state index contributed by atoms with van der Waals surface area (Å²) in [6.45, 7) is 4.39. The topological polar surface area (TPSA) is 56.6 Å². The Morgan fingerprint density at radius 3 is 2.12 bits per heavy atom. The number of rotatable bonds is 6. The van der Waals surface area contributed by atoms with Crippen LogP contribution in [0.2, 0.25) is 0 Å². The first-order valence-electron chi connectivity index (χ1n) is 11.0. The molecular formula is C28H23N5O. The van der Waals surface area contributed by atoms with Gasteiger partial charge in [-0.25, -0.2) is 18.8 Å². The molecule has 0 aliphatic carbocycles. The lowest BCUT2D eigenvalue weighted by Crippen LogP contribution is -2.37. The lowest BCUT2D eigenvalue weighted by molar-refractivity contribution is 0.774. The SMILES string of the molecule is C=CCn1c2ccccc2n2c(=O)n(/C=C/c3ccccc3)c(=N/C=C\c3ccccc3)nc12. The minimum absolute atomic E-state index is 0.247. The fourth-order valence-electron chi connectivity index (χ4n) is 3.86. The fourth-order valence-corrected chi connectivity index (χ4v) is 3.86. The molecule has 0 aliphatic rings. The minimum atomic E-state index is -0.247. The second-order valence-electron chi connectivity index (χ2n) is 7.67. The van der Waals surface area contributed by atoms with E-state index < -0.39 is 0 Å². The van der Waals surface area contributed by atoms with E-state index in [-0.39, 0.29) is 11.3 Å². The van der Waals surface area contributed by atoms with Crippen molar-refractivity contribution in [1.82, 2.24) is 18.5 Å². The van der Waals surface area contributed by atoms with Gasteiger partial charge < -0.3 is 4.57 Å². The molecule has 0 aliphatic heterocycles. The second kappa shape index (κ2) is 9.42. The third-order valence-corrected chi connectivity index (χ3v) is 5.45. The van der Waals surface area contributed by atoms with Crippen LogP contribution in [0.25, 0.3) is 35.2 Å². The molecule has 6 heteroatoms. The number of benzene rings is 3. The smallest absolute Gasteiger partial charge is 0.306 e. The van der Waals surface area contributed by atoms with Gasteiger partial charge in [-0.05, 0) is 35.4 Å². The lowest BCUT2D eigenvalue weighted by atomic mass is 10.2.